The second-order valence-electron chi connectivity index (χ2n) is 6.92. The third-order valence-corrected chi connectivity index (χ3v) is 5.72. The normalized spacial score (nSPS) is 14.2. The Morgan fingerprint density at radius 3 is 2.55 bits per heavy atom. The van der Waals surface area contributed by atoms with Gasteiger partial charge in [-0.3, -0.25) is 9.69 Å². The number of nitrogens with zero attached hydrogens (tertiary/aromatic N) is 3. The Morgan fingerprint density at radius 1 is 1.03 bits per heavy atom. The molecular formula is C23H24N4O3S. The number of morpholine rings is 1. The molecule has 8 heteroatoms. The number of hydrogen-bond acceptors (Lipinski definition) is 7. The van der Waals surface area contributed by atoms with Crippen molar-refractivity contribution in [2.75, 3.05) is 39.4 Å². The molecule has 0 atom stereocenters. The monoisotopic (exact) mass is 436 g/mol. The summed E-state index contributed by atoms with van der Waals surface area (Å²) in [6.07, 6.45) is 3.24. The maximum atomic E-state index is 12.4. The van der Waals surface area contributed by atoms with Gasteiger partial charge in [0.1, 0.15) is 5.75 Å². The molecule has 1 amide bonds. The molecule has 1 aromatic heterocycles. The van der Waals surface area contributed by atoms with E-state index in [9.17, 15) is 4.79 Å². The van der Waals surface area contributed by atoms with E-state index in [0.29, 0.717) is 28.8 Å². The lowest BCUT2D eigenvalue weighted by atomic mass is 10.2. The van der Waals surface area contributed by atoms with Crippen molar-refractivity contribution >= 4 is 17.7 Å². The minimum Gasteiger partial charge on any atom is -0.437 e. The molecule has 0 spiro atoms. The Morgan fingerprint density at radius 2 is 1.77 bits per heavy atom. The van der Waals surface area contributed by atoms with E-state index in [2.05, 4.69) is 20.2 Å². The lowest BCUT2D eigenvalue weighted by Crippen LogP contribution is -2.41. The standard InChI is InChI=1S/C23H24N4O3S/c28-21(24-12-13-27-14-16-29-17-15-27)18-6-8-19(9-7-18)30-22-23(26-11-10-25-22)31-20-4-2-1-3-5-20/h1-11H,12-17H2,(H,24,28). The van der Waals surface area contributed by atoms with E-state index in [-0.39, 0.29) is 5.91 Å². The third kappa shape index (κ3) is 6.27. The van der Waals surface area contributed by atoms with E-state index in [0.717, 1.165) is 37.7 Å². The lowest BCUT2D eigenvalue weighted by Gasteiger charge is -2.26. The molecule has 3 aromatic rings. The molecule has 31 heavy (non-hydrogen) atoms. The molecule has 1 aliphatic heterocycles. The van der Waals surface area contributed by atoms with Gasteiger partial charge in [0.15, 0.2) is 5.03 Å². The largest absolute Gasteiger partial charge is 0.437 e. The van der Waals surface area contributed by atoms with Crippen LogP contribution in [0.25, 0.3) is 0 Å². The van der Waals surface area contributed by atoms with Crippen molar-refractivity contribution in [3.05, 3.63) is 72.6 Å². The summed E-state index contributed by atoms with van der Waals surface area (Å²) in [6.45, 7) is 4.77. The fraction of sp³-hybridized carbons (Fsp3) is 0.261. The van der Waals surface area contributed by atoms with E-state index < -0.39 is 0 Å². The van der Waals surface area contributed by atoms with Gasteiger partial charge in [-0.05, 0) is 36.4 Å². The van der Waals surface area contributed by atoms with Gasteiger partial charge in [-0.1, -0.05) is 30.0 Å². The zero-order valence-electron chi connectivity index (χ0n) is 17.1. The van der Waals surface area contributed by atoms with Crippen LogP contribution in [-0.4, -0.2) is 60.2 Å². The average molecular weight is 437 g/mol. The first-order valence-electron chi connectivity index (χ1n) is 10.2. The molecule has 1 fully saturated rings. The minimum absolute atomic E-state index is 0.0976. The Kier molecular flexibility index (Phi) is 7.49. The van der Waals surface area contributed by atoms with Crippen LogP contribution >= 0.6 is 11.8 Å². The van der Waals surface area contributed by atoms with E-state index >= 15 is 0 Å². The van der Waals surface area contributed by atoms with Gasteiger partial charge in [-0.2, -0.15) is 0 Å². The summed E-state index contributed by atoms with van der Waals surface area (Å²) in [4.78, 5) is 24.4. The van der Waals surface area contributed by atoms with Crippen molar-refractivity contribution in [1.82, 2.24) is 20.2 Å². The van der Waals surface area contributed by atoms with Gasteiger partial charge >= 0.3 is 0 Å². The molecule has 0 radical (unpaired) electrons. The Labute approximate surface area is 185 Å². The molecule has 1 N–H and O–H groups in total. The molecule has 0 unspecified atom stereocenters. The van der Waals surface area contributed by atoms with Crippen LogP contribution in [0, 0.1) is 0 Å². The molecular weight excluding hydrogens is 412 g/mol. The number of rotatable bonds is 8. The topological polar surface area (TPSA) is 76.6 Å². The van der Waals surface area contributed by atoms with E-state index in [1.807, 2.05) is 30.3 Å². The summed E-state index contributed by atoms with van der Waals surface area (Å²) < 4.78 is 11.3. The number of ether oxygens (including phenoxy) is 2. The van der Waals surface area contributed by atoms with Crippen LogP contribution < -0.4 is 10.1 Å². The molecule has 0 aliphatic carbocycles. The summed E-state index contributed by atoms with van der Waals surface area (Å²) in [5, 5.41) is 3.64. The number of benzene rings is 2. The van der Waals surface area contributed by atoms with Gasteiger partial charge in [0.05, 0.1) is 13.2 Å². The molecule has 0 bridgehead atoms. The first-order chi connectivity index (χ1) is 15.3. The molecule has 2 aromatic carbocycles. The summed E-state index contributed by atoms with van der Waals surface area (Å²) in [5.41, 5.74) is 0.590. The van der Waals surface area contributed by atoms with Crippen LogP contribution in [0.2, 0.25) is 0 Å². The predicted molar refractivity (Wildman–Crippen MR) is 119 cm³/mol. The smallest absolute Gasteiger partial charge is 0.252 e. The summed E-state index contributed by atoms with van der Waals surface area (Å²) in [5.74, 6) is 0.930. The fourth-order valence-electron chi connectivity index (χ4n) is 3.09. The number of carbonyl (C=O) groups excluding carboxylic acids is 1. The first kappa shape index (κ1) is 21.3. The zero-order valence-corrected chi connectivity index (χ0v) is 17.9. The van der Waals surface area contributed by atoms with Crippen LogP contribution in [0.5, 0.6) is 11.6 Å². The predicted octanol–water partition coefficient (Wildman–Crippen LogP) is 3.48. The maximum Gasteiger partial charge on any atom is 0.252 e. The number of aromatic nitrogens is 2. The fourth-order valence-corrected chi connectivity index (χ4v) is 3.90. The average Bonchev–Trinajstić information content (AvgIpc) is 2.82. The highest BCUT2D eigenvalue weighted by Crippen LogP contribution is 2.33. The van der Waals surface area contributed by atoms with Crippen molar-refractivity contribution in [1.29, 1.82) is 0 Å². The number of amides is 1. The van der Waals surface area contributed by atoms with Crippen LogP contribution in [0.15, 0.2) is 76.9 Å². The molecule has 1 aliphatic rings. The Bertz CT molecular complexity index is 980. The highest BCUT2D eigenvalue weighted by atomic mass is 32.2. The Hall–Kier alpha value is -2.94. The molecule has 0 saturated carbocycles. The summed E-state index contributed by atoms with van der Waals surface area (Å²) in [7, 11) is 0. The van der Waals surface area contributed by atoms with E-state index in [1.165, 1.54) is 11.8 Å². The van der Waals surface area contributed by atoms with Gasteiger partial charge in [0.2, 0.25) is 0 Å². The van der Waals surface area contributed by atoms with Crippen LogP contribution in [0.1, 0.15) is 10.4 Å². The highest BCUT2D eigenvalue weighted by molar-refractivity contribution is 7.99. The highest BCUT2D eigenvalue weighted by Gasteiger charge is 2.12. The van der Waals surface area contributed by atoms with Crippen LogP contribution in [0.3, 0.4) is 0 Å². The number of carbonyl (C=O) groups is 1. The van der Waals surface area contributed by atoms with Gasteiger partial charge in [0.25, 0.3) is 11.8 Å². The number of hydrogen-bond donors (Lipinski definition) is 1. The van der Waals surface area contributed by atoms with Crippen LogP contribution in [0.4, 0.5) is 0 Å². The van der Waals surface area contributed by atoms with Crippen LogP contribution in [-0.2, 0) is 4.74 Å². The number of nitrogens with one attached hydrogen (secondary N) is 1. The van der Waals surface area contributed by atoms with Gasteiger partial charge in [-0.25, -0.2) is 9.97 Å². The minimum atomic E-state index is -0.0976. The zero-order chi connectivity index (χ0) is 21.3. The van der Waals surface area contributed by atoms with Gasteiger partial charge < -0.3 is 14.8 Å². The molecule has 160 valence electrons. The van der Waals surface area contributed by atoms with E-state index in [4.69, 9.17) is 9.47 Å². The van der Waals surface area contributed by atoms with Crippen molar-refractivity contribution in [2.24, 2.45) is 0 Å². The molecule has 1 saturated heterocycles. The Balaban J connectivity index is 1.33. The second-order valence-corrected chi connectivity index (χ2v) is 7.98. The van der Waals surface area contributed by atoms with E-state index in [1.54, 1.807) is 36.7 Å². The quantitative estimate of drug-likeness (QED) is 0.579. The van der Waals surface area contributed by atoms with Crippen molar-refractivity contribution in [3.63, 3.8) is 0 Å². The first-order valence-corrected chi connectivity index (χ1v) is 11.0. The van der Waals surface area contributed by atoms with Gasteiger partial charge in [-0.15, -0.1) is 0 Å². The van der Waals surface area contributed by atoms with Crippen molar-refractivity contribution in [2.45, 2.75) is 9.92 Å². The maximum absolute atomic E-state index is 12.4. The third-order valence-electron chi connectivity index (χ3n) is 4.74. The van der Waals surface area contributed by atoms with Crippen molar-refractivity contribution in [3.8, 4) is 11.6 Å². The van der Waals surface area contributed by atoms with Gasteiger partial charge in [0, 0.05) is 49.0 Å². The molecule has 2 heterocycles. The molecule has 4 rings (SSSR count). The molecule has 7 nitrogen and oxygen atoms in total. The van der Waals surface area contributed by atoms with Crippen molar-refractivity contribution < 1.29 is 14.3 Å². The SMILES string of the molecule is O=C(NCCN1CCOCC1)c1ccc(Oc2nccnc2Sc2ccccc2)cc1. The lowest BCUT2D eigenvalue weighted by molar-refractivity contribution is 0.0383. The summed E-state index contributed by atoms with van der Waals surface area (Å²) in [6, 6.07) is 17.0. The summed E-state index contributed by atoms with van der Waals surface area (Å²) >= 11 is 1.49. The second kappa shape index (κ2) is 10.9.